The zero-order valence-electron chi connectivity index (χ0n) is 54.8. The molecule has 456 valence electrons. The van der Waals surface area contributed by atoms with Crippen LogP contribution in [0.4, 0.5) is 34.1 Å². The van der Waals surface area contributed by atoms with Crippen molar-refractivity contribution in [3.05, 3.63) is 307 Å². The van der Waals surface area contributed by atoms with Crippen molar-refractivity contribution in [2.75, 3.05) is 9.80 Å². The number of aryl methyl sites for hydroxylation is 1. The van der Waals surface area contributed by atoms with E-state index in [1.54, 1.807) is 0 Å². The number of rotatable bonds is 8. The number of aromatic nitrogens is 2. The Labute approximate surface area is 561 Å². The average Bonchev–Trinajstić information content (AvgIpc) is 0.769. The number of fused-ring (bicyclic) bond motifs is 10. The van der Waals surface area contributed by atoms with E-state index in [2.05, 4.69) is 334 Å². The summed E-state index contributed by atoms with van der Waals surface area (Å²) in [4.78, 5) is 5.29. The maximum atomic E-state index is 10.3. The summed E-state index contributed by atoms with van der Waals surface area (Å²) < 4.78 is 4.79. The second kappa shape index (κ2) is 22.1. The van der Waals surface area contributed by atoms with Crippen molar-refractivity contribution in [1.29, 1.82) is 10.5 Å². The van der Waals surface area contributed by atoms with E-state index in [1.807, 2.05) is 24.3 Å². The van der Waals surface area contributed by atoms with Crippen molar-refractivity contribution in [2.45, 2.75) is 59.3 Å². The quantitative estimate of drug-likeness (QED) is 0.142. The molecule has 0 atom stereocenters. The first-order chi connectivity index (χ1) is 46.7. The van der Waals surface area contributed by atoms with Gasteiger partial charge in [-0.05, 0) is 182 Å². The minimum absolute atomic E-state index is 0.203. The summed E-state index contributed by atoms with van der Waals surface area (Å²) in [5.41, 5.74) is 29.8. The summed E-state index contributed by atoms with van der Waals surface area (Å²) in [6, 6.07) is 107. The number of benzene rings is 13. The van der Waals surface area contributed by atoms with Gasteiger partial charge in [-0.15, -0.1) is 0 Å². The predicted octanol–water partition coefficient (Wildman–Crippen LogP) is 21.3. The molecule has 0 spiro atoms. The first-order valence-electron chi connectivity index (χ1n) is 33.2. The lowest BCUT2D eigenvalue weighted by Crippen LogP contribution is -2.61. The van der Waals surface area contributed by atoms with Crippen molar-refractivity contribution >= 4 is 101 Å². The Hall–Kier alpha value is -11.9. The summed E-state index contributed by atoms with van der Waals surface area (Å²) in [7, 11) is 0. The second-order valence-corrected chi connectivity index (χ2v) is 28.0. The molecule has 2 aliphatic rings. The Kier molecular flexibility index (Phi) is 13.4. The number of nitriles is 2. The van der Waals surface area contributed by atoms with Crippen LogP contribution < -0.4 is 26.2 Å². The third-order valence-corrected chi connectivity index (χ3v) is 20.0. The Morgan fingerprint density at radius 3 is 1.00 bits per heavy atom. The van der Waals surface area contributed by atoms with Crippen molar-refractivity contribution < 1.29 is 0 Å². The summed E-state index contributed by atoms with van der Waals surface area (Å²) in [6.45, 7) is 16.0. The molecule has 17 rings (SSSR count). The van der Waals surface area contributed by atoms with Crippen LogP contribution >= 0.6 is 0 Å². The molecule has 2 aliphatic heterocycles. The average molecular weight is 1230 g/mol. The van der Waals surface area contributed by atoms with Gasteiger partial charge in [-0.2, -0.15) is 10.5 Å². The molecule has 0 fully saturated rings. The maximum absolute atomic E-state index is 10.3. The molecular formula is C89H67BN6. The molecule has 0 saturated heterocycles. The third-order valence-electron chi connectivity index (χ3n) is 20.0. The van der Waals surface area contributed by atoms with Gasteiger partial charge in [0.15, 0.2) is 0 Å². The lowest BCUT2D eigenvalue weighted by molar-refractivity contribution is 0.590. The lowest BCUT2D eigenvalue weighted by atomic mass is 9.33. The van der Waals surface area contributed by atoms with Crippen LogP contribution in [0.1, 0.15) is 69.4 Å². The highest BCUT2D eigenvalue weighted by atomic mass is 15.2. The Morgan fingerprint density at radius 2 is 0.656 bits per heavy atom. The van der Waals surface area contributed by atoms with Gasteiger partial charge in [-0.3, -0.25) is 0 Å². The van der Waals surface area contributed by atoms with Crippen molar-refractivity contribution in [3.8, 4) is 68.0 Å². The molecule has 0 unspecified atom stereocenters. The van der Waals surface area contributed by atoms with Crippen molar-refractivity contribution in [2.24, 2.45) is 0 Å². The molecule has 4 heterocycles. The van der Waals surface area contributed by atoms with Crippen LogP contribution in [0.2, 0.25) is 0 Å². The largest absolute Gasteiger partial charge is 0.310 e. The van der Waals surface area contributed by atoms with Crippen LogP contribution in [0.15, 0.2) is 279 Å². The van der Waals surface area contributed by atoms with Crippen LogP contribution in [-0.2, 0) is 10.8 Å². The molecule has 2 aromatic heterocycles. The van der Waals surface area contributed by atoms with E-state index in [0.29, 0.717) is 11.1 Å². The smallest absolute Gasteiger partial charge is 0.252 e. The molecule has 6 nitrogen and oxygen atoms in total. The topological polar surface area (TPSA) is 63.9 Å². The molecule has 0 radical (unpaired) electrons. The standard InChI is InChI=1S/C89H67BN6/c1-56-44-83-85-84(45-56)96(87-71(61-28-16-10-17-29-61)50-64(89(5,6)7)51-72(87)62-30-18-11-19-31-62)82-53-66(94-78-35-23-21-33-68(78)74-47-58(55-92)37-43-80(74)94)39-41-76(82)90(85)75-40-38-65(93-77-34-22-20-32-67(77)73-46-57(54-91)36-42-79(73)93)52-81(75)95(83)86-69(59-24-12-8-13-25-59)48-63(88(2,3)4)49-70(86)60-26-14-9-15-27-60/h8-53H,1-7H3. The van der Waals surface area contributed by atoms with Gasteiger partial charge in [-0.1, -0.05) is 211 Å². The number of para-hydroxylation sites is 2. The summed E-state index contributed by atoms with van der Waals surface area (Å²) in [5, 5.41) is 24.9. The van der Waals surface area contributed by atoms with E-state index in [0.717, 1.165) is 139 Å². The molecule has 0 saturated carbocycles. The SMILES string of the molecule is Cc1cc2c3c(c1)N(c1c(-c4ccccc4)cc(C(C)(C)C)cc1-c1ccccc1)c1cc(-n4c5ccccc5c5cc(C#N)ccc54)ccc1B3c1ccc(-n3c4ccccc4c4cc(C#N)ccc43)cc1N2c1c(-c2ccccc2)cc(C(C)(C)C)cc1-c1ccccc1. The zero-order valence-corrected chi connectivity index (χ0v) is 54.8. The molecule has 0 bridgehead atoms. The van der Waals surface area contributed by atoms with Gasteiger partial charge in [0.2, 0.25) is 0 Å². The maximum Gasteiger partial charge on any atom is 0.252 e. The van der Waals surface area contributed by atoms with E-state index >= 15 is 0 Å². The second-order valence-electron chi connectivity index (χ2n) is 28.0. The van der Waals surface area contributed by atoms with Crippen LogP contribution in [0.3, 0.4) is 0 Å². The monoisotopic (exact) mass is 1230 g/mol. The van der Waals surface area contributed by atoms with Gasteiger partial charge in [-0.25, -0.2) is 0 Å². The highest BCUT2D eigenvalue weighted by Gasteiger charge is 2.46. The molecule has 0 N–H and O–H groups in total. The van der Waals surface area contributed by atoms with Gasteiger partial charge in [0.25, 0.3) is 6.71 Å². The summed E-state index contributed by atoms with van der Waals surface area (Å²) >= 11 is 0. The minimum Gasteiger partial charge on any atom is -0.310 e. The van der Waals surface area contributed by atoms with Crippen LogP contribution in [0.5, 0.6) is 0 Å². The van der Waals surface area contributed by atoms with E-state index in [9.17, 15) is 10.5 Å². The van der Waals surface area contributed by atoms with Crippen molar-refractivity contribution in [1.82, 2.24) is 9.13 Å². The Morgan fingerprint density at radius 1 is 0.323 bits per heavy atom. The molecular weight excluding hydrogens is 1160 g/mol. The number of hydrogen-bond donors (Lipinski definition) is 0. The molecule has 0 amide bonds. The van der Waals surface area contributed by atoms with Gasteiger partial charge in [0, 0.05) is 77.9 Å². The molecule has 7 heteroatoms. The van der Waals surface area contributed by atoms with Gasteiger partial charge >= 0.3 is 0 Å². The van der Waals surface area contributed by atoms with Crippen LogP contribution in [0.25, 0.3) is 99.5 Å². The Balaban J connectivity index is 1.05. The predicted molar refractivity (Wildman–Crippen MR) is 402 cm³/mol. The number of hydrogen-bond acceptors (Lipinski definition) is 4. The van der Waals surface area contributed by atoms with Gasteiger partial charge in [0.1, 0.15) is 0 Å². The summed E-state index contributed by atoms with van der Waals surface area (Å²) in [6.07, 6.45) is 0. The minimum atomic E-state index is -0.271. The lowest BCUT2D eigenvalue weighted by Gasteiger charge is -2.46. The molecule has 0 aliphatic carbocycles. The first-order valence-corrected chi connectivity index (χ1v) is 33.2. The van der Waals surface area contributed by atoms with Gasteiger partial charge < -0.3 is 18.9 Å². The fraction of sp³-hybridized carbons (Fsp3) is 0.101. The highest BCUT2D eigenvalue weighted by molar-refractivity contribution is 7.00. The van der Waals surface area contributed by atoms with E-state index in [4.69, 9.17) is 0 Å². The fourth-order valence-electron chi connectivity index (χ4n) is 15.5. The Bertz CT molecular complexity index is 5300. The number of anilines is 6. The number of nitrogens with zero attached hydrogens (tertiary/aromatic N) is 6. The molecule has 96 heavy (non-hydrogen) atoms. The van der Waals surface area contributed by atoms with Crippen LogP contribution in [0, 0.1) is 29.6 Å². The highest BCUT2D eigenvalue weighted by Crippen LogP contribution is 2.55. The van der Waals surface area contributed by atoms with E-state index in [-0.39, 0.29) is 17.5 Å². The van der Waals surface area contributed by atoms with Crippen molar-refractivity contribution in [3.63, 3.8) is 0 Å². The normalized spacial score (nSPS) is 12.7. The van der Waals surface area contributed by atoms with E-state index in [1.165, 1.54) is 27.5 Å². The first kappa shape index (κ1) is 58.0. The van der Waals surface area contributed by atoms with Crippen LogP contribution in [-0.4, -0.2) is 15.8 Å². The third kappa shape index (κ3) is 9.21. The summed E-state index contributed by atoms with van der Waals surface area (Å²) in [5.74, 6) is 0. The molecule has 13 aromatic carbocycles. The zero-order chi connectivity index (χ0) is 65.3. The molecule has 15 aromatic rings. The fourth-order valence-corrected chi connectivity index (χ4v) is 15.5. The van der Waals surface area contributed by atoms with E-state index < -0.39 is 0 Å². The van der Waals surface area contributed by atoms with Gasteiger partial charge in [0.05, 0.1) is 56.7 Å².